The van der Waals surface area contributed by atoms with Gasteiger partial charge in [0.25, 0.3) is 11.5 Å². The molecule has 5 rings (SSSR count). The third-order valence-electron chi connectivity index (χ3n) is 6.15. The number of carbonyl (C=O) groups is 1. The first-order chi connectivity index (χ1) is 18.0. The number of carbonyl (C=O) groups excluding carboxylic acids is 1. The zero-order valence-electron chi connectivity index (χ0n) is 20.1. The number of pyridine rings is 1. The molecule has 0 radical (unpaired) electrons. The fraction of sp³-hybridized carbons (Fsp3) is 0.250. The van der Waals surface area contributed by atoms with E-state index in [0.29, 0.717) is 16.4 Å². The Morgan fingerprint density at radius 2 is 2.16 bits per heavy atom. The van der Waals surface area contributed by atoms with Gasteiger partial charge in [0.2, 0.25) is 0 Å². The van der Waals surface area contributed by atoms with Crippen LogP contribution >= 0.6 is 22.9 Å². The molecule has 0 fully saturated rings. The number of benzene rings is 1. The van der Waals surface area contributed by atoms with Crippen molar-refractivity contribution in [2.24, 2.45) is 10.1 Å². The van der Waals surface area contributed by atoms with E-state index in [0.717, 1.165) is 46.1 Å². The average Bonchev–Trinajstić information content (AvgIpc) is 3.66. The number of amidine groups is 1. The molecule has 1 atom stereocenters. The highest BCUT2D eigenvalue weighted by molar-refractivity contribution is 7.14. The van der Waals surface area contributed by atoms with Crippen LogP contribution < -0.4 is 32.4 Å². The molecule has 11 nitrogen and oxygen atoms in total. The van der Waals surface area contributed by atoms with Gasteiger partial charge in [0.15, 0.2) is 0 Å². The summed E-state index contributed by atoms with van der Waals surface area (Å²) in [6.45, 7) is 0.487. The number of fused-ring (bicyclic) bond motifs is 1. The number of thiophene rings is 1. The molecule has 0 aliphatic carbocycles. The highest BCUT2D eigenvalue weighted by atomic mass is 35.5. The van der Waals surface area contributed by atoms with Gasteiger partial charge in [-0.2, -0.15) is 5.10 Å². The lowest BCUT2D eigenvalue weighted by Gasteiger charge is -2.20. The number of aliphatic imine (C=N–C) groups is 1. The van der Waals surface area contributed by atoms with Crippen molar-refractivity contribution in [1.82, 2.24) is 26.4 Å². The molecule has 4 N–H and O–H groups in total. The number of halogens is 1. The number of nitrogens with zero attached hydrogens (tertiary/aromatic N) is 4. The number of amides is 1. The smallest absolute Gasteiger partial charge is 0.284 e. The van der Waals surface area contributed by atoms with Crippen molar-refractivity contribution in [2.75, 3.05) is 19.2 Å². The summed E-state index contributed by atoms with van der Waals surface area (Å²) in [4.78, 5) is 36.0. The van der Waals surface area contributed by atoms with Crippen molar-refractivity contribution in [2.45, 2.75) is 25.4 Å². The molecular weight excluding hydrogens is 516 g/mol. The molecule has 4 heterocycles. The number of nitrogens with one attached hydrogen (secondary N) is 4. The number of anilines is 1. The van der Waals surface area contributed by atoms with Crippen LogP contribution in [0.2, 0.25) is 5.02 Å². The molecular formula is C24H25ClN8O3S. The van der Waals surface area contributed by atoms with Gasteiger partial charge in [-0.3, -0.25) is 19.4 Å². The number of rotatable bonds is 7. The number of hydrogen-bond donors (Lipinski definition) is 4. The van der Waals surface area contributed by atoms with Crippen LogP contribution in [-0.2, 0) is 17.8 Å². The lowest BCUT2D eigenvalue weighted by Crippen LogP contribution is -2.37. The Bertz CT molecular complexity index is 1450. The van der Waals surface area contributed by atoms with Crippen LogP contribution in [0.15, 0.2) is 57.4 Å². The molecule has 0 saturated carbocycles. The molecule has 2 aliphatic rings. The summed E-state index contributed by atoms with van der Waals surface area (Å²) in [6.07, 6.45) is 3.09. The second-order valence-corrected chi connectivity index (χ2v) is 9.97. The molecule has 0 bridgehead atoms. The van der Waals surface area contributed by atoms with E-state index in [2.05, 4.69) is 36.8 Å². The predicted octanol–water partition coefficient (Wildman–Crippen LogP) is 2.60. The number of hydroxylamine groups is 1. The summed E-state index contributed by atoms with van der Waals surface area (Å²) >= 11 is 7.68. The molecule has 1 aromatic carbocycles. The van der Waals surface area contributed by atoms with Crippen LogP contribution in [0.1, 0.15) is 32.7 Å². The van der Waals surface area contributed by atoms with Crippen LogP contribution in [0.4, 0.5) is 5.69 Å². The van der Waals surface area contributed by atoms with Crippen LogP contribution in [0.5, 0.6) is 0 Å². The van der Waals surface area contributed by atoms with Gasteiger partial charge in [0.1, 0.15) is 12.2 Å². The van der Waals surface area contributed by atoms with Crippen molar-refractivity contribution in [3.63, 3.8) is 0 Å². The summed E-state index contributed by atoms with van der Waals surface area (Å²) in [6, 6.07) is 12.6. The third kappa shape index (κ3) is 5.09. The summed E-state index contributed by atoms with van der Waals surface area (Å²) in [7, 11) is 3.11. The summed E-state index contributed by atoms with van der Waals surface area (Å²) in [5, 5.41) is 9.62. The Morgan fingerprint density at radius 3 is 2.92 bits per heavy atom. The van der Waals surface area contributed by atoms with Crippen LogP contribution in [0, 0.1) is 0 Å². The standard InChI is InChI=1S/C24H25ClN8O3S/c1-26-23(27-12-17-5-8-21(37-17)24(35)29-36-2)20-7-4-16-9-14(10-22(34)33(16)20)18-11-15(25)3-6-19(18)32-13-28-30-31-32/h3,5-6,8-11,13,20,30-31H,4,7,12H2,1-2H3,(H,26,27)(H,29,35). The Labute approximate surface area is 221 Å². The lowest BCUT2D eigenvalue weighted by molar-refractivity contribution is 0.0542. The van der Waals surface area contributed by atoms with Crippen molar-refractivity contribution < 1.29 is 9.63 Å². The van der Waals surface area contributed by atoms with E-state index in [9.17, 15) is 9.59 Å². The van der Waals surface area contributed by atoms with Crippen molar-refractivity contribution in [1.29, 1.82) is 0 Å². The molecule has 3 aromatic rings. The van der Waals surface area contributed by atoms with Gasteiger partial charge in [0, 0.05) is 34.3 Å². The normalized spacial score (nSPS) is 16.6. The number of aromatic nitrogens is 1. The molecule has 2 aliphatic heterocycles. The second-order valence-electron chi connectivity index (χ2n) is 8.36. The fourth-order valence-electron chi connectivity index (χ4n) is 4.54. The van der Waals surface area contributed by atoms with Gasteiger partial charge < -0.3 is 9.88 Å². The summed E-state index contributed by atoms with van der Waals surface area (Å²) < 4.78 is 1.80. The van der Waals surface area contributed by atoms with Crippen molar-refractivity contribution in [3.8, 4) is 11.1 Å². The topological polar surface area (TPSA) is 124 Å². The Balaban J connectivity index is 1.38. The maximum absolute atomic E-state index is 13.4. The monoisotopic (exact) mass is 540 g/mol. The van der Waals surface area contributed by atoms with E-state index in [1.54, 1.807) is 41.2 Å². The van der Waals surface area contributed by atoms with E-state index in [4.69, 9.17) is 11.6 Å². The zero-order valence-corrected chi connectivity index (χ0v) is 21.7. The fourth-order valence-corrected chi connectivity index (χ4v) is 5.55. The Hall–Kier alpha value is -3.71. The van der Waals surface area contributed by atoms with Crippen molar-refractivity contribution >= 4 is 46.7 Å². The Kier molecular flexibility index (Phi) is 7.24. The first-order valence-electron chi connectivity index (χ1n) is 11.5. The van der Waals surface area contributed by atoms with Crippen LogP contribution in [0.3, 0.4) is 0 Å². The number of hydrazine groups is 2. The maximum atomic E-state index is 13.4. The molecule has 192 valence electrons. The van der Waals surface area contributed by atoms with E-state index in [1.165, 1.54) is 18.4 Å². The quantitative estimate of drug-likeness (QED) is 0.206. The van der Waals surface area contributed by atoms with Gasteiger partial charge in [-0.15, -0.1) is 16.9 Å². The van der Waals surface area contributed by atoms with Gasteiger partial charge in [-0.1, -0.05) is 11.6 Å². The minimum absolute atomic E-state index is 0.111. The first-order valence-corrected chi connectivity index (χ1v) is 12.7. The third-order valence-corrected chi connectivity index (χ3v) is 7.47. The first kappa shape index (κ1) is 25.0. The SMILES string of the molecule is CN=C(NCc1ccc(C(=O)NOC)s1)C1CCc2cc(-c3cc(Cl)ccc3N3C=NNN3)cc(=O)n21. The van der Waals surface area contributed by atoms with E-state index in [-0.39, 0.29) is 17.5 Å². The van der Waals surface area contributed by atoms with Crippen LogP contribution in [0.25, 0.3) is 11.1 Å². The van der Waals surface area contributed by atoms with E-state index in [1.807, 2.05) is 24.3 Å². The molecule has 1 amide bonds. The number of aryl methyl sites for hydroxylation is 1. The highest BCUT2D eigenvalue weighted by Gasteiger charge is 2.28. The van der Waals surface area contributed by atoms with Gasteiger partial charge in [-0.25, -0.2) is 16.0 Å². The lowest BCUT2D eigenvalue weighted by atomic mass is 10.0. The average molecular weight is 541 g/mol. The largest absolute Gasteiger partial charge is 0.367 e. The minimum atomic E-state index is -0.290. The highest BCUT2D eigenvalue weighted by Crippen LogP contribution is 2.35. The van der Waals surface area contributed by atoms with Crippen LogP contribution in [-0.4, -0.2) is 36.8 Å². The van der Waals surface area contributed by atoms with E-state index >= 15 is 0 Å². The zero-order chi connectivity index (χ0) is 25.9. The molecule has 13 heteroatoms. The molecule has 0 saturated heterocycles. The second kappa shape index (κ2) is 10.7. The van der Waals surface area contributed by atoms with Gasteiger partial charge in [-0.05, 0) is 54.8 Å². The minimum Gasteiger partial charge on any atom is -0.367 e. The van der Waals surface area contributed by atoms with E-state index < -0.39 is 0 Å². The number of hydrogen-bond acceptors (Lipinski definition) is 9. The molecule has 0 spiro atoms. The van der Waals surface area contributed by atoms with Crippen molar-refractivity contribution in [3.05, 3.63) is 73.3 Å². The number of hydrazone groups is 1. The predicted molar refractivity (Wildman–Crippen MR) is 145 cm³/mol. The van der Waals surface area contributed by atoms with Gasteiger partial charge in [0.05, 0.1) is 30.3 Å². The Morgan fingerprint density at radius 1 is 1.30 bits per heavy atom. The molecule has 1 unspecified atom stereocenters. The summed E-state index contributed by atoms with van der Waals surface area (Å²) in [5.74, 6) is 0.430. The maximum Gasteiger partial charge on any atom is 0.284 e. The molecule has 2 aromatic heterocycles. The molecule has 37 heavy (non-hydrogen) atoms. The summed E-state index contributed by atoms with van der Waals surface area (Å²) in [5.41, 5.74) is 11.1. The van der Waals surface area contributed by atoms with Gasteiger partial charge >= 0.3 is 0 Å².